The van der Waals surface area contributed by atoms with Crippen molar-refractivity contribution in [1.82, 2.24) is 4.98 Å². The van der Waals surface area contributed by atoms with Crippen LogP contribution in [0.4, 0.5) is 40.4 Å². The minimum Gasteiger partial charge on any atom is -0.371 e. The summed E-state index contributed by atoms with van der Waals surface area (Å²) in [5.74, 6) is -5.91. The van der Waals surface area contributed by atoms with Crippen LogP contribution in [0.1, 0.15) is 44.6 Å². The van der Waals surface area contributed by atoms with Gasteiger partial charge in [0.15, 0.2) is 0 Å². The second-order valence-corrected chi connectivity index (χ2v) is 9.79. The van der Waals surface area contributed by atoms with Crippen LogP contribution in [-0.2, 0) is 11.3 Å². The molecule has 2 aliphatic heterocycles. The second-order valence-electron chi connectivity index (χ2n) is 9.79. The molecule has 2 aromatic rings. The molecule has 34 heavy (non-hydrogen) atoms. The van der Waals surface area contributed by atoms with Gasteiger partial charge in [0.05, 0.1) is 17.9 Å². The maximum absolute atomic E-state index is 13.9. The van der Waals surface area contributed by atoms with E-state index < -0.39 is 23.7 Å². The lowest BCUT2D eigenvalue weighted by Gasteiger charge is -2.37. The Hall–Kier alpha value is -2.84. The van der Waals surface area contributed by atoms with Crippen molar-refractivity contribution in [1.29, 1.82) is 0 Å². The number of aromatic nitrogens is 1. The lowest BCUT2D eigenvalue weighted by molar-refractivity contribution is -0.130. The van der Waals surface area contributed by atoms with Gasteiger partial charge in [-0.15, -0.1) is 0 Å². The zero-order chi connectivity index (χ0) is 24.1. The fourth-order valence-corrected chi connectivity index (χ4v) is 5.33. The van der Waals surface area contributed by atoms with Gasteiger partial charge in [-0.05, 0) is 36.6 Å². The number of carbonyl (C=O) groups is 1. The number of benzene rings is 1. The Labute approximate surface area is 196 Å². The van der Waals surface area contributed by atoms with Crippen molar-refractivity contribution < 1.29 is 22.4 Å². The van der Waals surface area contributed by atoms with E-state index in [0.717, 1.165) is 11.3 Å². The monoisotopic (exact) mass is 476 g/mol. The van der Waals surface area contributed by atoms with E-state index in [1.165, 1.54) is 0 Å². The highest BCUT2D eigenvalue weighted by atomic mass is 19.3. The number of anilines is 4. The number of carbonyl (C=O) groups excluding carboxylic acids is 1. The first-order chi connectivity index (χ1) is 16.1. The summed E-state index contributed by atoms with van der Waals surface area (Å²) in [4.78, 5) is 21.8. The van der Waals surface area contributed by atoms with Gasteiger partial charge >= 0.3 is 0 Å². The third-order valence-electron chi connectivity index (χ3n) is 7.32. The number of halogens is 4. The molecule has 0 radical (unpaired) electrons. The molecule has 3 heterocycles. The first-order valence-electron chi connectivity index (χ1n) is 11.8. The van der Waals surface area contributed by atoms with Crippen molar-refractivity contribution >= 4 is 28.8 Å². The predicted molar refractivity (Wildman–Crippen MR) is 123 cm³/mol. The Morgan fingerprint density at radius 1 is 1.09 bits per heavy atom. The minimum absolute atomic E-state index is 0.132. The highest BCUT2D eigenvalue weighted by Crippen LogP contribution is 2.44. The molecule has 2 atom stereocenters. The molecule has 1 aromatic heterocycles. The molecular weight excluding hydrogens is 448 g/mol. The number of amides is 1. The lowest BCUT2D eigenvalue weighted by atomic mass is 9.77. The van der Waals surface area contributed by atoms with Crippen LogP contribution in [0.3, 0.4) is 0 Å². The number of fused-ring (bicyclic) bond motifs is 2. The van der Waals surface area contributed by atoms with Gasteiger partial charge in [-0.1, -0.05) is 13.0 Å². The molecule has 182 valence electrons. The summed E-state index contributed by atoms with van der Waals surface area (Å²) in [6, 6.07) is 9.21. The zero-order valence-corrected chi connectivity index (χ0v) is 19.0. The lowest BCUT2D eigenvalue weighted by Crippen LogP contribution is -2.43. The minimum atomic E-state index is -2.74. The largest absolute Gasteiger partial charge is 0.371 e. The Kier molecular flexibility index (Phi) is 5.68. The first kappa shape index (κ1) is 22.9. The van der Waals surface area contributed by atoms with Gasteiger partial charge in [-0.25, -0.2) is 22.5 Å². The predicted octanol–water partition coefficient (Wildman–Crippen LogP) is 5.98. The van der Waals surface area contributed by atoms with Crippen molar-refractivity contribution in [2.45, 2.75) is 57.4 Å². The number of rotatable bonds is 2. The van der Waals surface area contributed by atoms with Crippen LogP contribution in [0.15, 0.2) is 36.5 Å². The van der Waals surface area contributed by atoms with Crippen LogP contribution in [0.5, 0.6) is 0 Å². The highest BCUT2D eigenvalue weighted by molar-refractivity contribution is 6.00. The van der Waals surface area contributed by atoms with Gasteiger partial charge in [-0.3, -0.25) is 4.79 Å². The fraction of sp³-hybridized carbons (Fsp3) is 0.520. The fourth-order valence-electron chi connectivity index (χ4n) is 5.33. The van der Waals surface area contributed by atoms with E-state index in [-0.39, 0.29) is 57.6 Å². The number of piperidine rings is 1. The van der Waals surface area contributed by atoms with Crippen LogP contribution >= 0.6 is 0 Å². The van der Waals surface area contributed by atoms with Crippen molar-refractivity contribution in [3.63, 3.8) is 0 Å². The Morgan fingerprint density at radius 2 is 1.85 bits per heavy atom. The van der Waals surface area contributed by atoms with Crippen LogP contribution < -0.4 is 15.1 Å². The summed E-state index contributed by atoms with van der Waals surface area (Å²) < 4.78 is 55.3. The molecule has 2 fully saturated rings. The van der Waals surface area contributed by atoms with Crippen molar-refractivity contribution in [2.24, 2.45) is 11.8 Å². The molecule has 5 rings (SSSR count). The maximum Gasteiger partial charge on any atom is 0.251 e. The SMILES string of the molecule is C[C@H]1CC(F)(F)CC[C@@H]1C(=O)N1Cc2cccnc2Nc2ccc(N3CCC(F)(F)CC3)cc21. The average Bonchev–Trinajstić information content (AvgIpc) is 2.94. The Bertz CT molecular complexity index is 1080. The summed E-state index contributed by atoms with van der Waals surface area (Å²) in [5, 5.41) is 3.29. The molecule has 9 heteroatoms. The number of nitrogens with one attached hydrogen (secondary N) is 1. The molecule has 0 bridgehead atoms. The van der Waals surface area contributed by atoms with Crippen LogP contribution in [0.2, 0.25) is 0 Å². The normalized spacial score (nSPS) is 25.6. The van der Waals surface area contributed by atoms with E-state index in [1.54, 1.807) is 24.1 Å². The molecule has 0 spiro atoms. The molecule has 1 saturated heterocycles. The van der Waals surface area contributed by atoms with E-state index in [0.29, 0.717) is 17.2 Å². The van der Waals surface area contributed by atoms with E-state index >= 15 is 0 Å². The molecule has 0 unspecified atom stereocenters. The number of pyridine rings is 1. The molecule has 1 aliphatic carbocycles. The third-order valence-corrected chi connectivity index (χ3v) is 7.32. The molecule has 3 aliphatic rings. The molecule has 1 N–H and O–H groups in total. The second kappa shape index (κ2) is 8.43. The number of hydrogen-bond donors (Lipinski definition) is 1. The molecule has 1 saturated carbocycles. The summed E-state index contributed by atoms with van der Waals surface area (Å²) >= 11 is 0. The first-order valence-corrected chi connectivity index (χ1v) is 11.8. The van der Waals surface area contributed by atoms with Crippen molar-refractivity contribution in [3.8, 4) is 0 Å². The molecule has 1 aromatic carbocycles. The topological polar surface area (TPSA) is 48.5 Å². The van der Waals surface area contributed by atoms with Crippen molar-refractivity contribution in [2.75, 3.05) is 28.2 Å². The number of alkyl halides is 4. The Morgan fingerprint density at radius 3 is 2.59 bits per heavy atom. The number of nitrogens with zero attached hydrogens (tertiary/aromatic N) is 3. The van der Waals surface area contributed by atoms with Crippen LogP contribution in [0.25, 0.3) is 0 Å². The summed E-state index contributed by atoms with van der Waals surface area (Å²) in [7, 11) is 0. The van der Waals surface area contributed by atoms with E-state index in [2.05, 4.69) is 10.3 Å². The van der Waals surface area contributed by atoms with Gasteiger partial charge in [0.2, 0.25) is 11.8 Å². The quantitative estimate of drug-likeness (QED) is 0.542. The number of hydrogen-bond acceptors (Lipinski definition) is 4. The summed E-state index contributed by atoms with van der Waals surface area (Å²) in [6.07, 6.45) is 0.765. The molecule has 5 nitrogen and oxygen atoms in total. The Balaban J connectivity index is 1.50. The highest BCUT2D eigenvalue weighted by Gasteiger charge is 2.44. The van der Waals surface area contributed by atoms with Gasteiger partial charge in [-0.2, -0.15) is 0 Å². The average molecular weight is 477 g/mol. The van der Waals surface area contributed by atoms with Gasteiger partial charge in [0.1, 0.15) is 5.82 Å². The summed E-state index contributed by atoms with van der Waals surface area (Å²) in [6.45, 7) is 2.42. The standard InChI is InChI=1S/C25H28F4N4O/c1-16-14-25(28,29)7-6-19(16)23(34)33-15-17-3-2-10-30-22(17)31-20-5-4-18(13-21(20)33)32-11-8-24(26,27)9-12-32/h2-5,10,13,16,19H,6-9,11-12,14-15H2,1H3,(H,30,31)/t16-,19-/m0/s1. The van der Waals surface area contributed by atoms with Crippen molar-refractivity contribution in [3.05, 3.63) is 42.1 Å². The van der Waals surface area contributed by atoms with Gasteiger partial charge in [0, 0.05) is 62.1 Å². The summed E-state index contributed by atoms with van der Waals surface area (Å²) in [5.41, 5.74) is 2.86. The smallest absolute Gasteiger partial charge is 0.251 e. The zero-order valence-electron chi connectivity index (χ0n) is 19.0. The van der Waals surface area contributed by atoms with Gasteiger partial charge in [0.25, 0.3) is 5.92 Å². The molecule has 1 amide bonds. The van der Waals surface area contributed by atoms with E-state index in [4.69, 9.17) is 0 Å². The molecular formula is C25H28F4N4O. The van der Waals surface area contributed by atoms with E-state index in [9.17, 15) is 22.4 Å². The maximum atomic E-state index is 13.9. The van der Waals surface area contributed by atoms with Crippen LogP contribution in [-0.4, -0.2) is 35.8 Å². The van der Waals surface area contributed by atoms with Gasteiger partial charge < -0.3 is 15.1 Å². The third kappa shape index (κ3) is 4.44. The van der Waals surface area contributed by atoms with Crippen LogP contribution in [0, 0.1) is 11.8 Å². The van der Waals surface area contributed by atoms with E-state index in [1.807, 2.05) is 29.2 Å².